The van der Waals surface area contributed by atoms with E-state index in [0.717, 1.165) is 13.1 Å². The average Bonchev–Trinajstić information content (AvgIpc) is 2.96. The van der Waals surface area contributed by atoms with Gasteiger partial charge in [0.05, 0.1) is 19.1 Å². The number of hydrogen-bond acceptors (Lipinski definition) is 3. The van der Waals surface area contributed by atoms with Gasteiger partial charge >= 0.3 is 0 Å². The molecule has 2 aromatic rings. The Labute approximate surface area is 114 Å². The van der Waals surface area contributed by atoms with Crippen LogP contribution >= 0.6 is 0 Å². The SMILES string of the molecule is Cc1cnn(CCn2cncc2C(CN)C(C)C)c1. The monoisotopic (exact) mass is 261 g/mol. The van der Waals surface area contributed by atoms with Gasteiger partial charge in [-0.2, -0.15) is 5.10 Å². The van der Waals surface area contributed by atoms with Crippen molar-refractivity contribution in [2.45, 2.75) is 39.8 Å². The summed E-state index contributed by atoms with van der Waals surface area (Å²) in [6.07, 6.45) is 7.76. The van der Waals surface area contributed by atoms with Crippen LogP contribution in [0.1, 0.15) is 31.0 Å². The van der Waals surface area contributed by atoms with Crippen LogP contribution in [0.15, 0.2) is 24.9 Å². The number of aryl methyl sites for hydroxylation is 3. The van der Waals surface area contributed by atoms with E-state index in [-0.39, 0.29) is 0 Å². The molecule has 19 heavy (non-hydrogen) atoms. The third kappa shape index (κ3) is 3.23. The Morgan fingerprint density at radius 2 is 2.05 bits per heavy atom. The molecule has 0 aliphatic heterocycles. The molecule has 0 radical (unpaired) electrons. The Bertz CT molecular complexity index is 511. The molecule has 1 atom stereocenters. The lowest BCUT2D eigenvalue weighted by atomic mass is 9.93. The summed E-state index contributed by atoms with van der Waals surface area (Å²) in [7, 11) is 0. The Balaban J connectivity index is 2.07. The first-order valence-electron chi connectivity index (χ1n) is 6.81. The maximum Gasteiger partial charge on any atom is 0.0948 e. The molecule has 0 bridgehead atoms. The molecule has 2 heterocycles. The Morgan fingerprint density at radius 3 is 2.63 bits per heavy atom. The van der Waals surface area contributed by atoms with Gasteiger partial charge in [-0.05, 0) is 18.4 Å². The Hall–Kier alpha value is -1.62. The van der Waals surface area contributed by atoms with Crippen LogP contribution in [0, 0.1) is 12.8 Å². The number of imidazole rings is 1. The van der Waals surface area contributed by atoms with E-state index in [1.807, 2.05) is 23.4 Å². The number of hydrogen-bond donors (Lipinski definition) is 1. The highest BCUT2D eigenvalue weighted by molar-refractivity contribution is 5.08. The highest BCUT2D eigenvalue weighted by Gasteiger charge is 2.18. The maximum atomic E-state index is 5.89. The average molecular weight is 261 g/mol. The lowest BCUT2D eigenvalue weighted by Gasteiger charge is -2.20. The number of nitrogens with zero attached hydrogens (tertiary/aromatic N) is 4. The normalized spacial score (nSPS) is 13.1. The standard InChI is InChI=1S/C14H23N5/c1-11(2)13(6-15)14-8-16-10-18(14)4-5-19-9-12(3)7-17-19/h7-11,13H,4-6,15H2,1-3H3. The molecule has 0 saturated carbocycles. The Kier molecular flexibility index (Phi) is 4.37. The Morgan fingerprint density at radius 1 is 1.26 bits per heavy atom. The van der Waals surface area contributed by atoms with Gasteiger partial charge in [0.1, 0.15) is 0 Å². The highest BCUT2D eigenvalue weighted by Crippen LogP contribution is 2.22. The summed E-state index contributed by atoms with van der Waals surface area (Å²) in [6.45, 7) is 8.84. The molecule has 104 valence electrons. The molecule has 1 unspecified atom stereocenters. The third-order valence-electron chi connectivity index (χ3n) is 3.52. The van der Waals surface area contributed by atoms with Crippen LogP contribution in [0.5, 0.6) is 0 Å². The summed E-state index contributed by atoms with van der Waals surface area (Å²) in [6, 6.07) is 0. The molecule has 0 saturated heterocycles. The van der Waals surface area contributed by atoms with Crippen molar-refractivity contribution in [2.24, 2.45) is 11.7 Å². The smallest absolute Gasteiger partial charge is 0.0948 e. The summed E-state index contributed by atoms with van der Waals surface area (Å²) in [5.41, 5.74) is 8.30. The van der Waals surface area contributed by atoms with Crippen LogP contribution in [0.25, 0.3) is 0 Å². The predicted octanol–water partition coefficient (Wildman–Crippen LogP) is 1.79. The molecular weight excluding hydrogens is 238 g/mol. The number of rotatable bonds is 6. The predicted molar refractivity (Wildman–Crippen MR) is 75.8 cm³/mol. The van der Waals surface area contributed by atoms with Gasteiger partial charge in [-0.15, -0.1) is 0 Å². The fourth-order valence-electron chi connectivity index (χ4n) is 2.36. The second-order valence-electron chi connectivity index (χ2n) is 5.38. The van der Waals surface area contributed by atoms with Crippen molar-refractivity contribution in [2.75, 3.05) is 6.54 Å². The van der Waals surface area contributed by atoms with E-state index in [1.165, 1.54) is 11.3 Å². The van der Waals surface area contributed by atoms with Crippen molar-refractivity contribution in [1.29, 1.82) is 0 Å². The number of aromatic nitrogens is 4. The summed E-state index contributed by atoms with van der Waals surface area (Å²) in [4.78, 5) is 4.27. The molecule has 5 heteroatoms. The van der Waals surface area contributed by atoms with E-state index >= 15 is 0 Å². The van der Waals surface area contributed by atoms with Gasteiger partial charge in [0.25, 0.3) is 0 Å². The summed E-state index contributed by atoms with van der Waals surface area (Å²) in [5.74, 6) is 0.884. The van der Waals surface area contributed by atoms with E-state index < -0.39 is 0 Å². The largest absolute Gasteiger partial charge is 0.332 e. The molecule has 0 amide bonds. The van der Waals surface area contributed by atoms with Crippen LogP contribution in [0.3, 0.4) is 0 Å². The highest BCUT2D eigenvalue weighted by atomic mass is 15.3. The lowest BCUT2D eigenvalue weighted by molar-refractivity contribution is 0.453. The molecule has 0 aliphatic carbocycles. The fraction of sp³-hybridized carbons (Fsp3) is 0.571. The summed E-state index contributed by atoms with van der Waals surface area (Å²) in [5, 5.41) is 4.30. The van der Waals surface area contributed by atoms with Gasteiger partial charge in [0.2, 0.25) is 0 Å². The van der Waals surface area contributed by atoms with Crippen molar-refractivity contribution < 1.29 is 0 Å². The van der Waals surface area contributed by atoms with E-state index in [9.17, 15) is 0 Å². The van der Waals surface area contributed by atoms with Crippen LogP contribution in [0.4, 0.5) is 0 Å². The lowest BCUT2D eigenvalue weighted by Crippen LogP contribution is -2.21. The van der Waals surface area contributed by atoms with Crippen molar-refractivity contribution in [3.63, 3.8) is 0 Å². The van der Waals surface area contributed by atoms with Gasteiger partial charge in [-0.3, -0.25) is 4.68 Å². The van der Waals surface area contributed by atoms with Gasteiger partial charge in [-0.25, -0.2) is 4.98 Å². The zero-order valence-corrected chi connectivity index (χ0v) is 12.0. The summed E-state index contributed by atoms with van der Waals surface area (Å²) >= 11 is 0. The molecule has 2 rings (SSSR count). The van der Waals surface area contributed by atoms with E-state index in [0.29, 0.717) is 18.4 Å². The molecule has 0 fully saturated rings. The molecular formula is C14H23N5. The third-order valence-corrected chi connectivity index (χ3v) is 3.52. The molecule has 5 nitrogen and oxygen atoms in total. The number of nitrogens with two attached hydrogens (primary N) is 1. The first-order chi connectivity index (χ1) is 9.11. The van der Waals surface area contributed by atoms with E-state index in [4.69, 9.17) is 5.73 Å². The van der Waals surface area contributed by atoms with Crippen molar-refractivity contribution in [3.05, 3.63) is 36.2 Å². The fourth-order valence-corrected chi connectivity index (χ4v) is 2.36. The molecule has 2 N–H and O–H groups in total. The van der Waals surface area contributed by atoms with Crippen molar-refractivity contribution >= 4 is 0 Å². The van der Waals surface area contributed by atoms with Crippen LogP contribution < -0.4 is 5.73 Å². The van der Waals surface area contributed by atoms with Crippen molar-refractivity contribution in [3.8, 4) is 0 Å². The van der Waals surface area contributed by atoms with Crippen molar-refractivity contribution in [1.82, 2.24) is 19.3 Å². The second kappa shape index (κ2) is 6.02. The van der Waals surface area contributed by atoms with Gasteiger partial charge in [-0.1, -0.05) is 13.8 Å². The first kappa shape index (κ1) is 13.8. The van der Waals surface area contributed by atoms with E-state index in [1.54, 1.807) is 0 Å². The molecule has 2 aromatic heterocycles. The van der Waals surface area contributed by atoms with Crippen LogP contribution in [0.2, 0.25) is 0 Å². The minimum atomic E-state index is 0.363. The zero-order valence-electron chi connectivity index (χ0n) is 12.0. The second-order valence-corrected chi connectivity index (χ2v) is 5.38. The minimum absolute atomic E-state index is 0.363. The minimum Gasteiger partial charge on any atom is -0.332 e. The van der Waals surface area contributed by atoms with E-state index in [2.05, 4.69) is 41.6 Å². The van der Waals surface area contributed by atoms with Crippen LogP contribution in [-0.4, -0.2) is 25.9 Å². The summed E-state index contributed by atoms with van der Waals surface area (Å²) < 4.78 is 4.15. The molecule has 0 aromatic carbocycles. The van der Waals surface area contributed by atoms with Gasteiger partial charge in [0, 0.05) is 37.1 Å². The maximum absolute atomic E-state index is 5.89. The van der Waals surface area contributed by atoms with Gasteiger partial charge < -0.3 is 10.3 Å². The van der Waals surface area contributed by atoms with Crippen LogP contribution in [-0.2, 0) is 13.1 Å². The molecule has 0 spiro atoms. The van der Waals surface area contributed by atoms with Gasteiger partial charge in [0.15, 0.2) is 0 Å². The molecule has 0 aliphatic rings. The topological polar surface area (TPSA) is 61.7 Å². The zero-order chi connectivity index (χ0) is 13.8. The quantitative estimate of drug-likeness (QED) is 0.862. The first-order valence-corrected chi connectivity index (χ1v) is 6.81.